The predicted octanol–water partition coefficient (Wildman–Crippen LogP) is 4.20. The Morgan fingerprint density at radius 1 is 1.24 bits per heavy atom. The van der Waals surface area contributed by atoms with Gasteiger partial charge in [-0.2, -0.15) is 5.26 Å². The summed E-state index contributed by atoms with van der Waals surface area (Å²) in [5.41, 5.74) is 1.49. The average molecular weight is 486 g/mol. The summed E-state index contributed by atoms with van der Waals surface area (Å²) in [5.74, 6) is -0.355. The molecule has 34 heavy (non-hydrogen) atoms. The van der Waals surface area contributed by atoms with Gasteiger partial charge in [0.1, 0.15) is 11.7 Å². The zero-order chi connectivity index (χ0) is 24.8. The molecule has 184 valence electrons. The number of likely N-dealkylation sites (N-methyl/N-ethyl adjacent to an activating group) is 1. The number of halogens is 1. The third-order valence-electron chi connectivity index (χ3n) is 6.47. The number of carbonyl (C=O) groups excluding carboxylic acids is 2. The maximum absolute atomic E-state index is 13.5. The van der Waals surface area contributed by atoms with Gasteiger partial charge in [0.05, 0.1) is 17.5 Å². The highest BCUT2D eigenvalue weighted by atomic mass is 35.5. The Morgan fingerprint density at radius 2 is 1.97 bits per heavy atom. The first kappa shape index (κ1) is 26.1. The monoisotopic (exact) mass is 485 g/mol. The van der Waals surface area contributed by atoms with Crippen LogP contribution >= 0.6 is 11.6 Å². The fourth-order valence-corrected chi connectivity index (χ4v) is 4.88. The standard InChI is InChI=1S/C26H36ClN5O2/c1-17(2)13-20(16-28)29-25(33)21-7-5-6-8-22(21)30-26(34)24-14-18-9-10-19(27)15-23(18)32(24)12-11-31(3)4/h9-10,14-15,17,20-22H,5-8,11-13H2,1-4H3,(H,29,33)(H,30,34)/t20-,21+,22-/m0/s1. The Hall–Kier alpha value is -2.56. The number of nitrogens with one attached hydrogen (secondary N) is 2. The third-order valence-corrected chi connectivity index (χ3v) is 6.70. The van der Waals surface area contributed by atoms with E-state index in [-0.39, 0.29) is 23.8 Å². The molecule has 0 unspecified atom stereocenters. The summed E-state index contributed by atoms with van der Waals surface area (Å²) in [4.78, 5) is 28.6. The van der Waals surface area contributed by atoms with Crippen molar-refractivity contribution < 1.29 is 9.59 Å². The Morgan fingerprint density at radius 3 is 2.65 bits per heavy atom. The number of carbonyl (C=O) groups is 2. The molecule has 0 spiro atoms. The van der Waals surface area contributed by atoms with Crippen LogP contribution < -0.4 is 10.6 Å². The first-order valence-electron chi connectivity index (χ1n) is 12.1. The van der Waals surface area contributed by atoms with Gasteiger partial charge in [-0.25, -0.2) is 0 Å². The van der Waals surface area contributed by atoms with E-state index >= 15 is 0 Å². The molecule has 1 aromatic heterocycles. The molecule has 1 aliphatic carbocycles. The van der Waals surface area contributed by atoms with Gasteiger partial charge >= 0.3 is 0 Å². The van der Waals surface area contributed by atoms with Crippen molar-refractivity contribution in [3.05, 3.63) is 35.0 Å². The number of benzene rings is 1. The zero-order valence-corrected chi connectivity index (χ0v) is 21.4. The molecule has 2 N–H and O–H groups in total. The number of hydrogen-bond donors (Lipinski definition) is 2. The highest BCUT2D eigenvalue weighted by molar-refractivity contribution is 6.31. The first-order valence-corrected chi connectivity index (χ1v) is 12.5. The van der Waals surface area contributed by atoms with Crippen LogP contribution in [0, 0.1) is 23.2 Å². The molecule has 0 radical (unpaired) electrons. The molecule has 1 aliphatic rings. The van der Waals surface area contributed by atoms with Gasteiger partial charge < -0.3 is 20.1 Å². The maximum atomic E-state index is 13.5. The van der Waals surface area contributed by atoms with Crippen molar-refractivity contribution in [1.82, 2.24) is 20.1 Å². The molecular formula is C26H36ClN5O2. The Balaban J connectivity index is 1.80. The number of amides is 2. The summed E-state index contributed by atoms with van der Waals surface area (Å²) in [5, 5.41) is 17.1. The maximum Gasteiger partial charge on any atom is 0.268 e. The van der Waals surface area contributed by atoms with Gasteiger partial charge in [0.15, 0.2) is 0 Å². The smallest absolute Gasteiger partial charge is 0.268 e. The minimum Gasteiger partial charge on any atom is -0.347 e. The summed E-state index contributed by atoms with van der Waals surface area (Å²) in [6.45, 7) is 5.48. The molecular weight excluding hydrogens is 450 g/mol. The predicted molar refractivity (Wildman–Crippen MR) is 136 cm³/mol. The highest BCUT2D eigenvalue weighted by Crippen LogP contribution is 2.27. The molecule has 0 saturated heterocycles. The van der Waals surface area contributed by atoms with E-state index in [4.69, 9.17) is 11.6 Å². The van der Waals surface area contributed by atoms with Gasteiger partial charge in [0, 0.05) is 29.5 Å². The van der Waals surface area contributed by atoms with Crippen molar-refractivity contribution in [3.8, 4) is 6.07 Å². The second-order valence-electron chi connectivity index (χ2n) is 9.98. The lowest BCUT2D eigenvalue weighted by atomic mass is 9.83. The third kappa shape index (κ3) is 6.52. The molecule has 2 aromatic rings. The van der Waals surface area contributed by atoms with Gasteiger partial charge in [-0.3, -0.25) is 9.59 Å². The topological polar surface area (TPSA) is 90.2 Å². The molecule has 1 heterocycles. The van der Waals surface area contributed by atoms with Crippen LogP contribution in [0.1, 0.15) is 56.4 Å². The minimum atomic E-state index is -0.510. The number of rotatable bonds is 9. The van der Waals surface area contributed by atoms with Crippen LogP contribution in [0.4, 0.5) is 0 Å². The van der Waals surface area contributed by atoms with Crippen molar-refractivity contribution in [3.63, 3.8) is 0 Å². The summed E-state index contributed by atoms with van der Waals surface area (Å²) >= 11 is 6.24. The average Bonchev–Trinajstić information content (AvgIpc) is 3.14. The molecule has 3 atom stereocenters. The van der Waals surface area contributed by atoms with Gasteiger partial charge in [-0.05, 0) is 57.5 Å². The Labute approximate surface area is 207 Å². The molecule has 7 nitrogen and oxygen atoms in total. The molecule has 3 rings (SSSR count). The molecule has 1 fully saturated rings. The van der Waals surface area contributed by atoms with E-state index in [0.717, 1.165) is 36.7 Å². The lowest BCUT2D eigenvalue weighted by molar-refractivity contribution is -0.127. The van der Waals surface area contributed by atoms with Gasteiger partial charge in [-0.1, -0.05) is 44.4 Å². The van der Waals surface area contributed by atoms with E-state index in [2.05, 4.69) is 21.6 Å². The number of aromatic nitrogens is 1. The second kappa shape index (κ2) is 11.7. The van der Waals surface area contributed by atoms with E-state index in [1.165, 1.54) is 0 Å². The number of nitrogens with zero attached hydrogens (tertiary/aromatic N) is 3. The van der Waals surface area contributed by atoms with E-state index in [1.54, 1.807) is 0 Å². The van der Waals surface area contributed by atoms with E-state index in [1.807, 2.05) is 56.8 Å². The lowest BCUT2D eigenvalue weighted by Crippen LogP contribution is -2.50. The number of fused-ring (bicyclic) bond motifs is 1. The van der Waals surface area contributed by atoms with Crippen LogP contribution in [0.15, 0.2) is 24.3 Å². The molecule has 8 heteroatoms. The second-order valence-corrected chi connectivity index (χ2v) is 10.4. The molecule has 1 saturated carbocycles. The first-order chi connectivity index (χ1) is 16.2. The number of hydrogen-bond acceptors (Lipinski definition) is 4. The number of nitriles is 1. The summed E-state index contributed by atoms with van der Waals surface area (Å²) < 4.78 is 2.00. The minimum absolute atomic E-state index is 0.142. The Kier molecular flexibility index (Phi) is 8.98. The van der Waals surface area contributed by atoms with Gasteiger partial charge in [0.25, 0.3) is 5.91 Å². The van der Waals surface area contributed by atoms with Crippen LogP contribution in [0.25, 0.3) is 10.9 Å². The normalized spacial score (nSPS) is 19.2. The SMILES string of the molecule is CC(C)C[C@@H](C#N)NC(=O)[C@@H]1CCCC[C@@H]1NC(=O)c1cc2ccc(Cl)cc2n1CCN(C)C. The fourth-order valence-electron chi connectivity index (χ4n) is 4.71. The van der Waals surface area contributed by atoms with Crippen molar-refractivity contribution in [2.45, 2.75) is 64.6 Å². The summed E-state index contributed by atoms with van der Waals surface area (Å²) in [7, 11) is 3.99. The van der Waals surface area contributed by atoms with Crippen LogP contribution in [0.3, 0.4) is 0 Å². The fraction of sp³-hybridized carbons (Fsp3) is 0.577. The van der Waals surface area contributed by atoms with Gasteiger partial charge in [-0.15, -0.1) is 0 Å². The van der Waals surface area contributed by atoms with E-state index in [9.17, 15) is 14.9 Å². The van der Waals surface area contributed by atoms with Crippen molar-refractivity contribution in [2.75, 3.05) is 20.6 Å². The lowest BCUT2D eigenvalue weighted by Gasteiger charge is -2.32. The van der Waals surface area contributed by atoms with Crippen molar-refractivity contribution >= 4 is 34.3 Å². The highest BCUT2D eigenvalue weighted by Gasteiger charge is 2.34. The van der Waals surface area contributed by atoms with E-state index < -0.39 is 6.04 Å². The molecule has 0 bridgehead atoms. The zero-order valence-electron chi connectivity index (χ0n) is 20.6. The Bertz CT molecular complexity index is 1060. The summed E-state index contributed by atoms with van der Waals surface area (Å²) in [6, 6.07) is 8.95. The van der Waals surface area contributed by atoms with Crippen LogP contribution in [0.2, 0.25) is 5.02 Å². The van der Waals surface area contributed by atoms with Crippen LogP contribution in [-0.2, 0) is 11.3 Å². The van der Waals surface area contributed by atoms with Gasteiger partial charge in [0.2, 0.25) is 5.91 Å². The van der Waals surface area contributed by atoms with E-state index in [0.29, 0.717) is 36.0 Å². The quantitative estimate of drug-likeness (QED) is 0.557. The molecule has 2 amide bonds. The van der Waals surface area contributed by atoms with Crippen LogP contribution in [-0.4, -0.2) is 54.0 Å². The van der Waals surface area contributed by atoms with Crippen molar-refractivity contribution in [1.29, 1.82) is 5.26 Å². The largest absolute Gasteiger partial charge is 0.347 e. The molecule has 0 aliphatic heterocycles. The summed E-state index contributed by atoms with van der Waals surface area (Å²) in [6.07, 6.45) is 3.96. The van der Waals surface area contributed by atoms with Crippen LogP contribution in [0.5, 0.6) is 0 Å². The molecule has 1 aromatic carbocycles. The van der Waals surface area contributed by atoms with Crippen molar-refractivity contribution in [2.24, 2.45) is 11.8 Å².